The van der Waals surface area contributed by atoms with Crippen LogP contribution in [0.2, 0.25) is 0 Å². The lowest BCUT2D eigenvalue weighted by atomic mass is 9.37. The summed E-state index contributed by atoms with van der Waals surface area (Å²) in [6, 6.07) is 7.35. The fourth-order valence-corrected chi connectivity index (χ4v) is 3.75. The summed E-state index contributed by atoms with van der Waals surface area (Å²) >= 11 is 0. The molecule has 0 bridgehead atoms. The van der Waals surface area contributed by atoms with Gasteiger partial charge < -0.3 is 9.88 Å². The Labute approximate surface area is 207 Å². The SMILES string of the molecule is [B]c1c([B])c(C([B])([B])[B])c([B])c([B])c1C(=O)Nc1cc2cc(-c3cnc(C)n3C)ccc2nn1. The molecule has 0 saturated carbocycles. The Hall–Kier alpha value is -3.09. The second kappa shape index (κ2) is 8.60. The van der Waals surface area contributed by atoms with Gasteiger partial charge in [-0.3, -0.25) is 4.79 Å². The van der Waals surface area contributed by atoms with Crippen LogP contribution in [0, 0.1) is 6.92 Å². The van der Waals surface area contributed by atoms with Crippen molar-refractivity contribution in [3.63, 3.8) is 0 Å². The Kier molecular flexibility index (Phi) is 6.09. The minimum absolute atomic E-state index is 0.0533. The summed E-state index contributed by atoms with van der Waals surface area (Å²) in [6.45, 7) is 1.92. The summed E-state index contributed by atoms with van der Waals surface area (Å²) in [4.78, 5) is 17.4. The molecule has 2 aromatic carbocycles. The zero-order chi connectivity index (χ0) is 24.9. The first-order valence-corrected chi connectivity index (χ1v) is 10.1. The van der Waals surface area contributed by atoms with E-state index in [-0.39, 0.29) is 38.8 Å². The van der Waals surface area contributed by atoms with Crippen LogP contribution in [0.5, 0.6) is 0 Å². The molecule has 4 aromatic rings. The Morgan fingerprint density at radius 1 is 0.971 bits per heavy atom. The van der Waals surface area contributed by atoms with Crippen molar-refractivity contribution >= 4 is 99.4 Å². The van der Waals surface area contributed by atoms with Crippen LogP contribution in [0.15, 0.2) is 30.5 Å². The highest BCUT2D eigenvalue weighted by Crippen LogP contribution is 2.25. The molecule has 6 nitrogen and oxygen atoms in total. The summed E-state index contributed by atoms with van der Waals surface area (Å²) in [6.07, 6.45) is 1.79. The number of amides is 1. The Morgan fingerprint density at radius 2 is 1.62 bits per heavy atom. The van der Waals surface area contributed by atoms with Crippen molar-refractivity contribution in [3.8, 4) is 11.3 Å². The highest BCUT2D eigenvalue weighted by Gasteiger charge is 2.24. The van der Waals surface area contributed by atoms with Gasteiger partial charge >= 0.3 is 0 Å². The molecule has 2 aromatic heterocycles. The minimum Gasteiger partial charge on any atom is -0.331 e. The first-order chi connectivity index (χ1) is 15.9. The highest BCUT2D eigenvalue weighted by atomic mass is 16.1. The van der Waals surface area contributed by atoms with E-state index < -0.39 is 11.0 Å². The second-order valence-electron chi connectivity index (χ2n) is 8.04. The monoisotopic (exact) mass is 427 g/mol. The van der Waals surface area contributed by atoms with E-state index in [4.69, 9.17) is 54.9 Å². The van der Waals surface area contributed by atoms with Gasteiger partial charge in [0.2, 0.25) is 0 Å². The number of nitrogens with one attached hydrogen (secondary N) is 1. The smallest absolute Gasteiger partial charge is 0.255 e. The molecule has 1 amide bonds. The number of carbonyl (C=O) groups is 1. The van der Waals surface area contributed by atoms with E-state index in [0.29, 0.717) is 5.52 Å². The molecule has 0 unspecified atom stereocenters. The van der Waals surface area contributed by atoms with Crippen LogP contribution in [0.25, 0.3) is 22.2 Å². The largest absolute Gasteiger partial charge is 0.331 e. The number of imidazole rings is 1. The van der Waals surface area contributed by atoms with Crippen LogP contribution in [0.1, 0.15) is 21.7 Å². The summed E-state index contributed by atoms with van der Waals surface area (Å²) < 4.78 is 1.97. The van der Waals surface area contributed by atoms with Crippen molar-refractivity contribution in [2.75, 3.05) is 5.32 Å². The predicted molar refractivity (Wildman–Crippen MR) is 141 cm³/mol. The fourth-order valence-electron chi connectivity index (χ4n) is 3.75. The van der Waals surface area contributed by atoms with Gasteiger partial charge in [0, 0.05) is 23.6 Å². The molecule has 14 radical (unpaired) electrons. The van der Waals surface area contributed by atoms with Gasteiger partial charge in [-0.25, -0.2) is 4.98 Å². The van der Waals surface area contributed by atoms with E-state index in [9.17, 15) is 4.79 Å². The van der Waals surface area contributed by atoms with Crippen molar-refractivity contribution < 1.29 is 4.79 Å². The molecule has 0 spiro atoms. The number of benzene rings is 2. The van der Waals surface area contributed by atoms with Crippen molar-refractivity contribution in [2.24, 2.45) is 7.05 Å². The fraction of sp³-hybridized carbons (Fsp3) is 0.143. The number of hydrogen-bond acceptors (Lipinski definition) is 4. The number of rotatable bonds is 4. The molecule has 148 valence electrons. The standard InChI is InChI=1S/C21H12B7N5O/c1-8-29-7-12(33(8)2)9-3-4-11-10(5-9)6-13(32-31-11)30-20(34)14-16(22)18(24)15(21(26,27)28)19(25)17(14)23/h3-7H,1-2H3,(H,30,32,34). The average Bonchev–Trinajstić information content (AvgIpc) is 3.09. The van der Waals surface area contributed by atoms with Crippen molar-refractivity contribution in [1.82, 2.24) is 19.7 Å². The van der Waals surface area contributed by atoms with Gasteiger partial charge in [0.25, 0.3) is 5.91 Å². The zero-order valence-corrected chi connectivity index (χ0v) is 18.6. The van der Waals surface area contributed by atoms with E-state index in [1.165, 1.54) is 0 Å². The maximum absolute atomic E-state index is 13.0. The summed E-state index contributed by atoms with van der Waals surface area (Å²) in [5.41, 5.74) is 1.72. The Bertz CT molecular complexity index is 1430. The van der Waals surface area contributed by atoms with Gasteiger partial charge in [0.1, 0.15) is 37.2 Å². The molecule has 0 aliphatic heterocycles. The second-order valence-corrected chi connectivity index (χ2v) is 8.04. The molecule has 0 fully saturated rings. The van der Waals surface area contributed by atoms with Gasteiger partial charge in [-0.15, -0.1) is 26.2 Å². The van der Waals surface area contributed by atoms with Gasteiger partial charge in [-0.1, -0.05) is 22.6 Å². The summed E-state index contributed by atoms with van der Waals surface area (Å²) in [7, 11) is 43.3. The van der Waals surface area contributed by atoms with Gasteiger partial charge in [0.15, 0.2) is 5.82 Å². The average molecular weight is 426 g/mol. The maximum Gasteiger partial charge on any atom is 0.255 e. The number of anilines is 1. The van der Waals surface area contributed by atoms with E-state index in [1.54, 1.807) is 12.3 Å². The highest BCUT2D eigenvalue weighted by molar-refractivity contribution is 6.66. The lowest BCUT2D eigenvalue weighted by molar-refractivity contribution is 0.102. The number of fused-ring (bicyclic) bond motifs is 1. The third kappa shape index (κ3) is 4.12. The van der Waals surface area contributed by atoms with Gasteiger partial charge in [-0.05, 0) is 25.1 Å². The molecule has 0 atom stereocenters. The van der Waals surface area contributed by atoms with E-state index >= 15 is 0 Å². The van der Waals surface area contributed by atoms with Crippen molar-refractivity contribution in [3.05, 3.63) is 47.4 Å². The lowest BCUT2D eigenvalue weighted by Crippen LogP contribution is -2.54. The van der Waals surface area contributed by atoms with Crippen molar-refractivity contribution in [1.29, 1.82) is 0 Å². The Morgan fingerprint density at radius 3 is 2.18 bits per heavy atom. The molecule has 0 saturated heterocycles. The summed E-state index contributed by atoms with van der Waals surface area (Å²) in [5, 5.41) is 9.69. The van der Waals surface area contributed by atoms with Crippen LogP contribution in [-0.2, 0) is 12.2 Å². The first-order valence-electron chi connectivity index (χ1n) is 10.1. The van der Waals surface area contributed by atoms with E-state index in [0.717, 1.165) is 22.5 Å². The number of carbonyl (C=O) groups excluding carboxylic acids is 1. The quantitative estimate of drug-likeness (QED) is 0.363. The number of aromatic nitrogens is 4. The molecule has 1 N–H and O–H groups in total. The van der Waals surface area contributed by atoms with Crippen LogP contribution >= 0.6 is 0 Å². The van der Waals surface area contributed by atoms with E-state index in [2.05, 4.69) is 20.5 Å². The van der Waals surface area contributed by atoms with Crippen LogP contribution < -0.4 is 27.2 Å². The Balaban J connectivity index is 1.72. The lowest BCUT2D eigenvalue weighted by Gasteiger charge is -2.31. The molecule has 0 aliphatic carbocycles. The van der Waals surface area contributed by atoms with Gasteiger partial charge in [-0.2, -0.15) is 0 Å². The molecule has 2 heterocycles. The molecular weight excluding hydrogens is 414 g/mol. The zero-order valence-electron chi connectivity index (χ0n) is 18.6. The molecular formula is C21H12B7N5O. The third-order valence-corrected chi connectivity index (χ3v) is 5.66. The predicted octanol–water partition coefficient (Wildman–Crippen LogP) is -2.62. The van der Waals surface area contributed by atoms with Gasteiger partial charge in [0.05, 0.1) is 40.9 Å². The molecule has 34 heavy (non-hydrogen) atoms. The van der Waals surface area contributed by atoms with Crippen LogP contribution in [0.4, 0.5) is 5.82 Å². The molecule has 13 heteroatoms. The van der Waals surface area contributed by atoms with Crippen LogP contribution in [0.3, 0.4) is 0 Å². The number of hydrogen-bond donors (Lipinski definition) is 1. The first kappa shape index (κ1) is 24.1. The van der Waals surface area contributed by atoms with Crippen molar-refractivity contribution in [2.45, 2.75) is 12.0 Å². The number of aryl methyl sites for hydroxylation is 1. The third-order valence-electron chi connectivity index (χ3n) is 5.66. The van der Waals surface area contributed by atoms with Crippen LogP contribution in [-0.4, -0.2) is 80.6 Å². The topological polar surface area (TPSA) is 72.7 Å². The molecule has 4 rings (SSSR count). The number of nitrogens with zero attached hydrogens (tertiary/aromatic N) is 4. The minimum atomic E-state index is -1.90. The normalized spacial score (nSPS) is 11.6. The summed E-state index contributed by atoms with van der Waals surface area (Å²) in [5.74, 6) is 0.358. The maximum atomic E-state index is 13.0. The molecule has 0 aliphatic rings. The van der Waals surface area contributed by atoms with E-state index in [1.807, 2.05) is 36.7 Å².